The van der Waals surface area contributed by atoms with Gasteiger partial charge in [0.25, 0.3) is 0 Å². The number of carbonyl (C=O) groups excluding carboxylic acids is 1. The molecule has 5 nitrogen and oxygen atoms in total. The first kappa shape index (κ1) is 11.7. The number of carboxylic acid groups (broad SMARTS) is 1. The van der Waals surface area contributed by atoms with Gasteiger partial charge in [-0.05, 0) is 17.7 Å². The Hall–Kier alpha value is -1.75. The molecule has 2 N–H and O–H groups in total. The van der Waals surface area contributed by atoms with Gasteiger partial charge in [-0.15, -0.1) is 0 Å². The number of halogens is 1. The zero-order valence-corrected chi connectivity index (χ0v) is 9.65. The Labute approximate surface area is 103 Å². The molecule has 0 aliphatic carbocycles. The maximum atomic E-state index is 11.5. The summed E-state index contributed by atoms with van der Waals surface area (Å²) in [6.45, 7) is 0.0788. The van der Waals surface area contributed by atoms with Crippen LogP contribution in [0.4, 0.5) is 4.79 Å². The van der Waals surface area contributed by atoms with Gasteiger partial charge < -0.3 is 15.3 Å². The van der Waals surface area contributed by atoms with Crippen LogP contribution in [0, 0.1) is 0 Å². The van der Waals surface area contributed by atoms with Gasteiger partial charge in [0, 0.05) is 11.6 Å². The molecule has 17 heavy (non-hydrogen) atoms. The largest absolute Gasteiger partial charge is 0.480 e. The molecule has 0 spiro atoms. The van der Waals surface area contributed by atoms with Gasteiger partial charge in [-0.25, -0.2) is 4.79 Å². The number of benzene rings is 1. The van der Waals surface area contributed by atoms with E-state index in [1.54, 1.807) is 18.2 Å². The fourth-order valence-corrected chi connectivity index (χ4v) is 2.08. The summed E-state index contributed by atoms with van der Waals surface area (Å²) < 4.78 is 0. The Morgan fingerprint density at radius 2 is 2.35 bits per heavy atom. The lowest BCUT2D eigenvalue weighted by atomic mass is 10.1. The molecule has 1 fully saturated rings. The number of rotatable bonds is 3. The summed E-state index contributed by atoms with van der Waals surface area (Å²) in [5.41, 5.74) is 0.831. The summed E-state index contributed by atoms with van der Waals surface area (Å²) >= 11 is 5.87. The molecule has 1 heterocycles. The second kappa shape index (κ2) is 4.63. The highest BCUT2D eigenvalue weighted by atomic mass is 35.5. The van der Waals surface area contributed by atoms with Crippen molar-refractivity contribution in [3.63, 3.8) is 0 Å². The SMILES string of the molecule is O=C(O)CN1C(=O)NCC1c1cccc(Cl)c1. The molecule has 0 saturated carbocycles. The van der Waals surface area contributed by atoms with E-state index in [4.69, 9.17) is 16.7 Å². The van der Waals surface area contributed by atoms with Crippen LogP contribution in [0.15, 0.2) is 24.3 Å². The van der Waals surface area contributed by atoms with Crippen LogP contribution in [0.1, 0.15) is 11.6 Å². The van der Waals surface area contributed by atoms with Crippen molar-refractivity contribution in [1.29, 1.82) is 0 Å². The number of amides is 2. The second-order valence-electron chi connectivity index (χ2n) is 3.78. The average molecular weight is 255 g/mol. The quantitative estimate of drug-likeness (QED) is 0.859. The molecule has 1 aromatic rings. The fraction of sp³-hybridized carbons (Fsp3) is 0.273. The summed E-state index contributed by atoms with van der Waals surface area (Å²) in [7, 11) is 0. The lowest BCUT2D eigenvalue weighted by molar-refractivity contribution is -0.137. The third-order valence-electron chi connectivity index (χ3n) is 2.62. The van der Waals surface area contributed by atoms with Gasteiger partial charge in [0.15, 0.2) is 0 Å². The second-order valence-corrected chi connectivity index (χ2v) is 4.21. The van der Waals surface area contributed by atoms with E-state index in [0.717, 1.165) is 5.56 Å². The molecule has 90 valence electrons. The number of urea groups is 1. The number of carbonyl (C=O) groups is 2. The fourth-order valence-electron chi connectivity index (χ4n) is 1.88. The van der Waals surface area contributed by atoms with Crippen LogP contribution >= 0.6 is 11.6 Å². The lowest BCUT2D eigenvalue weighted by Crippen LogP contribution is -2.34. The van der Waals surface area contributed by atoms with E-state index in [1.165, 1.54) is 4.90 Å². The van der Waals surface area contributed by atoms with E-state index in [9.17, 15) is 9.59 Å². The van der Waals surface area contributed by atoms with Crippen LogP contribution in [0.3, 0.4) is 0 Å². The Bertz CT molecular complexity index is 464. The Morgan fingerprint density at radius 3 is 3.00 bits per heavy atom. The summed E-state index contributed by atoms with van der Waals surface area (Å²) in [6.07, 6.45) is 0. The maximum Gasteiger partial charge on any atom is 0.323 e. The number of nitrogens with zero attached hydrogens (tertiary/aromatic N) is 1. The van der Waals surface area contributed by atoms with E-state index >= 15 is 0 Å². The molecule has 2 amide bonds. The van der Waals surface area contributed by atoms with Crippen molar-refractivity contribution in [2.45, 2.75) is 6.04 Å². The van der Waals surface area contributed by atoms with E-state index in [2.05, 4.69) is 5.32 Å². The molecule has 1 atom stereocenters. The minimum Gasteiger partial charge on any atom is -0.480 e. The average Bonchev–Trinajstić information content (AvgIpc) is 2.60. The van der Waals surface area contributed by atoms with Gasteiger partial charge in [0.1, 0.15) is 6.54 Å². The van der Waals surface area contributed by atoms with Crippen LogP contribution in [0.5, 0.6) is 0 Å². The monoisotopic (exact) mass is 254 g/mol. The number of hydrogen-bond donors (Lipinski definition) is 2. The number of nitrogens with one attached hydrogen (secondary N) is 1. The smallest absolute Gasteiger partial charge is 0.323 e. The molecule has 0 radical (unpaired) electrons. The highest BCUT2D eigenvalue weighted by Crippen LogP contribution is 2.26. The summed E-state index contributed by atoms with van der Waals surface area (Å²) in [6, 6.07) is 6.43. The molecular weight excluding hydrogens is 244 g/mol. The summed E-state index contributed by atoms with van der Waals surface area (Å²) in [4.78, 5) is 23.5. The van der Waals surface area contributed by atoms with Crippen molar-refractivity contribution < 1.29 is 14.7 Å². The van der Waals surface area contributed by atoms with Crippen LogP contribution in [0.2, 0.25) is 5.02 Å². The first-order chi connectivity index (χ1) is 8.08. The molecular formula is C11H11ClN2O3. The van der Waals surface area contributed by atoms with Crippen LogP contribution < -0.4 is 5.32 Å². The Balaban J connectivity index is 2.25. The molecule has 0 bridgehead atoms. The van der Waals surface area contributed by atoms with E-state index in [0.29, 0.717) is 11.6 Å². The number of carboxylic acids is 1. The van der Waals surface area contributed by atoms with Crippen molar-refractivity contribution >= 4 is 23.6 Å². The third kappa shape index (κ3) is 2.50. The van der Waals surface area contributed by atoms with Crippen LogP contribution in [0.25, 0.3) is 0 Å². The Kier molecular flexibility index (Phi) is 3.19. The van der Waals surface area contributed by atoms with Gasteiger partial charge in [-0.1, -0.05) is 23.7 Å². The zero-order valence-electron chi connectivity index (χ0n) is 8.89. The highest BCUT2D eigenvalue weighted by molar-refractivity contribution is 6.30. The first-order valence-corrected chi connectivity index (χ1v) is 5.47. The molecule has 1 aromatic carbocycles. The molecule has 1 saturated heterocycles. The standard InChI is InChI=1S/C11H11ClN2O3/c12-8-3-1-2-7(4-8)9-5-13-11(17)14(9)6-10(15)16/h1-4,9H,5-6H2,(H,13,17)(H,15,16). The van der Waals surface area contributed by atoms with Crippen molar-refractivity contribution in [3.05, 3.63) is 34.9 Å². The predicted molar refractivity (Wildman–Crippen MR) is 61.9 cm³/mol. The first-order valence-electron chi connectivity index (χ1n) is 5.09. The highest BCUT2D eigenvalue weighted by Gasteiger charge is 2.33. The predicted octanol–water partition coefficient (Wildman–Crippen LogP) is 1.49. The van der Waals surface area contributed by atoms with Gasteiger partial charge in [-0.2, -0.15) is 0 Å². The molecule has 1 aliphatic heterocycles. The minimum atomic E-state index is -1.03. The van der Waals surface area contributed by atoms with Crippen LogP contribution in [-0.4, -0.2) is 35.1 Å². The topological polar surface area (TPSA) is 69.6 Å². The number of aliphatic carboxylic acids is 1. The van der Waals surface area contributed by atoms with Crippen molar-refractivity contribution in [3.8, 4) is 0 Å². The zero-order chi connectivity index (χ0) is 12.4. The molecule has 1 aliphatic rings. The number of hydrogen-bond acceptors (Lipinski definition) is 2. The van der Waals surface area contributed by atoms with Crippen molar-refractivity contribution in [2.75, 3.05) is 13.1 Å². The van der Waals surface area contributed by atoms with Gasteiger partial charge in [0.05, 0.1) is 6.04 Å². The van der Waals surface area contributed by atoms with E-state index in [1.807, 2.05) is 6.07 Å². The molecule has 1 unspecified atom stereocenters. The summed E-state index contributed by atoms with van der Waals surface area (Å²) in [5, 5.41) is 12.0. The van der Waals surface area contributed by atoms with Crippen LogP contribution in [-0.2, 0) is 4.79 Å². The lowest BCUT2D eigenvalue weighted by Gasteiger charge is -2.21. The van der Waals surface area contributed by atoms with Gasteiger partial charge in [0.2, 0.25) is 0 Å². The van der Waals surface area contributed by atoms with Gasteiger partial charge >= 0.3 is 12.0 Å². The minimum absolute atomic E-state index is 0.280. The summed E-state index contributed by atoms with van der Waals surface area (Å²) in [5.74, 6) is -1.03. The molecule has 2 rings (SSSR count). The van der Waals surface area contributed by atoms with Crippen molar-refractivity contribution in [1.82, 2.24) is 10.2 Å². The molecule has 0 aromatic heterocycles. The third-order valence-corrected chi connectivity index (χ3v) is 2.86. The molecule has 6 heteroatoms. The van der Waals surface area contributed by atoms with E-state index < -0.39 is 5.97 Å². The van der Waals surface area contributed by atoms with Gasteiger partial charge in [-0.3, -0.25) is 4.79 Å². The van der Waals surface area contributed by atoms with Crippen molar-refractivity contribution in [2.24, 2.45) is 0 Å². The maximum absolute atomic E-state index is 11.5. The van der Waals surface area contributed by atoms with E-state index in [-0.39, 0.29) is 18.6 Å². The Morgan fingerprint density at radius 1 is 1.59 bits per heavy atom. The normalized spacial score (nSPS) is 19.2.